The average Bonchev–Trinajstić information content (AvgIpc) is 3.04. The highest BCUT2D eigenvalue weighted by Crippen LogP contribution is 2.17. The number of likely N-dealkylation sites (N-methyl/N-ethyl adjacent to an activating group) is 1. The molecule has 0 heterocycles. The van der Waals surface area contributed by atoms with Crippen LogP contribution in [0.15, 0.2) is 29.3 Å². The van der Waals surface area contributed by atoms with Crippen molar-refractivity contribution in [3.05, 3.63) is 35.4 Å². The lowest BCUT2D eigenvalue weighted by atomic mass is 10.1. The van der Waals surface area contributed by atoms with E-state index < -0.39 is 0 Å². The highest BCUT2D eigenvalue weighted by molar-refractivity contribution is 14.0. The van der Waals surface area contributed by atoms with Gasteiger partial charge in [0.1, 0.15) is 0 Å². The fourth-order valence-electron chi connectivity index (χ4n) is 2.60. The summed E-state index contributed by atoms with van der Waals surface area (Å²) >= 11 is 0. The molecule has 0 unspecified atom stereocenters. The van der Waals surface area contributed by atoms with Gasteiger partial charge in [0.25, 0.3) is 0 Å². The summed E-state index contributed by atoms with van der Waals surface area (Å²) in [5.74, 6) is 0.772. The number of nitrogens with zero attached hydrogens (tertiary/aromatic N) is 2. The second kappa shape index (κ2) is 10.5. The molecule has 0 spiro atoms. The van der Waals surface area contributed by atoms with Gasteiger partial charge in [-0.25, -0.2) is 4.99 Å². The van der Waals surface area contributed by atoms with Crippen LogP contribution in [0.3, 0.4) is 0 Å². The zero-order valence-corrected chi connectivity index (χ0v) is 17.2. The van der Waals surface area contributed by atoms with Crippen LogP contribution < -0.4 is 10.6 Å². The van der Waals surface area contributed by atoms with Gasteiger partial charge in [-0.1, -0.05) is 42.7 Å². The van der Waals surface area contributed by atoms with Crippen molar-refractivity contribution in [2.75, 3.05) is 20.6 Å². The summed E-state index contributed by atoms with van der Waals surface area (Å²) in [5, 5.41) is 6.62. The molecule has 0 saturated heterocycles. The van der Waals surface area contributed by atoms with Crippen LogP contribution in [0.2, 0.25) is 0 Å². The summed E-state index contributed by atoms with van der Waals surface area (Å²) in [6, 6.07) is 8.85. The van der Waals surface area contributed by atoms with Crippen molar-refractivity contribution >= 4 is 35.8 Å². The van der Waals surface area contributed by atoms with Crippen molar-refractivity contribution in [1.29, 1.82) is 0 Å². The Morgan fingerprint density at radius 2 is 1.83 bits per heavy atom. The molecule has 134 valence electrons. The molecule has 0 aliphatic heterocycles. The standard InChI is InChI=1S/C18H28N4O.HI/c1-14-8-10-15(11-9-14)12-19-18(20-13-17(23)22(2)3)21-16-6-4-5-7-16;/h8-11,16H,4-7,12-13H2,1-3H3,(H2,19,20,21);1H. The summed E-state index contributed by atoms with van der Waals surface area (Å²) < 4.78 is 0. The van der Waals surface area contributed by atoms with E-state index in [4.69, 9.17) is 0 Å². The molecule has 1 aromatic rings. The van der Waals surface area contributed by atoms with E-state index in [1.807, 2.05) is 0 Å². The highest BCUT2D eigenvalue weighted by atomic mass is 127. The van der Waals surface area contributed by atoms with Gasteiger partial charge in [-0.3, -0.25) is 4.79 Å². The third-order valence-corrected chi connectivity index (χ3v) is 4.14. The quantitative estimate of drug-likeness (QED) is 0.417. The van der Waals surface area contributed by atoms with Gasteiger partial charge < -0.3 is 15.5 Å². The van der Waals surface area contributed by atoms with Gasteiger partial charge >= 0.3 is 0 Å². The van der Waals surface area contributed by atoms with E-state index in [2.05, 4.69) is 46.8 Å². The lowest BCUT2D eigenvalue weighted by molar-refractivity contribution is -0.127. The molecule has 0 aromatic heterocycles. The predicted molar refractivity (Wildman–Crippen MR) is 110 cm³/mol. The van der Waals surface area contributed by atoms with Crippen LogP contribution in [0, 0.1) is 6.92 Å². The van der Waals surface area contributed by atoms with E-state index in [0.717, 1.165) is 5.96 Å². The molecule has 1 saturated carbocycles. The minimum absolute atomic E-state index is 0. The summed E-state index contributed by atoms with van der Waals surface area (Å²) in [4.78, 5) is 18.0. The predicted octanol–water partition coefficient (Wildman–Crippen LogP) is 2.68. The Hall–Kier alpha value is -1.31. The first-order chi connectivity index (χ1) is 11.0. The Morgan fingerprint density at radius 1 is 1.21 bits per heavy atom. The second-order valence-electron chi connectivity index (χ2n) is 6.42. The molecule has 5 nitrogen and oxygen atoms in total. The molecule has 6 heteroatoms. The molecule has 1 amide bonds. The van der Waals surface area contributed by atoms with Crippen LogP contribution in [0.1, 0.15) is 36.8 Å². The minimum atomic E-state index is 0. The number of hydrogen-bond donors (Lipinski definition) is 2. The number of aliphatic imine (C=N–C) groups is 1. The molecule has 2 N–H and O–H groups in total. The van der Waals surface area contributed by atoms with Gasteiger partial charge in [0.2, 0.25) is 5.91 Å². The zero-order valence-electron chi connectivity index (χ0n) is 14.8. The maximum absolute atomic E-state index is 11.8. The number of halogens is 1. The molecule has 1 aliphatic carbocycles. The zero-order chi connectivity index (χ0) is 16.7. The first kappa shape index (κ1) is 20.7. The fraction of sp³-hybridized carbons (Fsp3) is 0.556. The molecule has 0 radical (unpaired) electrons. The van der Waals surface area contributed by atoms with Crippen LogP contribution in [0.5, 0.6) is 0 Å². The number of aryl methyl sites for hydroxylation is 1. The van der Waals surface area contributed by atoms with Gasteiger partial charge in [0, 0.05) is 20.1 Å². The molecular formula is C18H29IN4O. The van der Waals surface area contributed by atoms with Crippen LogP contribution in [0.25, 0.3) is 0 Å². The lowest BCUT2D eigenvalue weighted by Gasteiger charge is -2.18. The van der Waals surface area contributed by atoms with Crippen LogP contribution in [-0.2, 0) is 11.3 Å². The summed E-state index contributed by atoms with van der Waals surface area (Å²) in [6.07, 6.45) is 4.87. The Labute approximate surface area is 162 Å². The maximum Gasteiger partial charge on any atom is 0.241 e. The third-order valence-electron chi connectivity index (χ3n) is 4.14. The maximum atomic E-state index is 11.8. The number of amides is 1. The monoisotopic (exact) mass is 444 g/mol. The van der Waals surface area contributed by atoms with E-state index in [1.165, 1.54) is 36.8 Å². The van der Waals surface area contributed by atoms with Crippen molar-refractivity contribution in [2.45, 2.75) is 45.2 Å². The SMILES string of the molecule is Cc1ccc(CN=C(NCC(=O)N(C)C)NC2CCCC2)cc1.I. The second-order valence-corrected chi connectivity index (χ2v) is 6.42. The van der Waals surface area contributed by atoms with E-state index >= 15 is 0 Å². The Kier molecular flexibility index (Phi) is 9.10. The van der Waals surface area contributed by atoms with Gasteiger partial charge in [-0.15, -0.1) is 24.0 Å². The smallest absolute Gasteiger partial charge is 0.241 e. The number of benzene rings is 1. The highest BCUT2D eigenvalue weighted by Gasteiger charge is 2.16. The van der Waals surface area contributed by atoms with Crippen LogP contribution in [0.4, 0.5) is 0 Å². The molecule has 0 bridgehead atoms. The first-order valence-corrected chi connectivity index (χ1v) is 8.35. The van der Waals surface area contributed by atoms with Crippen molar-refractivity contribution in [1.82, 2.24) is 15.5 Å². The van der Waals surface area contributed by atoms with E-state index in [1.54, 1.807) is 19.0 Å². The topological polar surface area (TPSA) is 56.7 Å². The van der Waals surface area contributed by atoms with E-state index in [9.17, 15) is 4.79 Å². The number of nitrogens with one attached hydrogen (secondary N) is 2. The largest absolute Gasteiger partial charge is 0.354 e. The van der Waals surface area contributed by atoms with Gasteiger partial charge in [-0.05, 0) is 25.3 Å². The molecule has 1 fully saturated rings. The van der Waals surface area contributed by atoms with Gasteiger partial charge in [-0.2, -0.15) is 0 Å². The van der Waals surface area contributed by atoms with Crippen LogP contribution >= 0.6 is 24.0 Å². The van der Waals surface area contributed by atoms with Crippen LogP contribution in [-0.4, -0.2) is 43.4 Å². The molecule has 1 aliphatic rings. The first-order valence-electron chi connectivity index (χ1n) is 8.35. The summed E-state index contributed by atoms with van der Waals surface area (Å²) in [5.41, 5.74) is 2.42. The number of guanidine groups is 1. The number of rotatable bonds is 5. The summed E-state index contributed by atoms with van der Waals surface area (Å²) in [7, 11) is 3.52. The average molecular weight is 444 g/mol. The van der Waals surface area contributed by atoms with Crippen molar-refractivity contribution in [2.24, 2.45) is 4.99 Å². The molecule has 0 atom stereocenters. The van der Waals surface area contributed by atoms with E-state index in [0.29, 0.717) is 12.6 Å². The van der Waals surface area contributed by atoms with E-state index in [-0.39, 0.29) is 36.4 Å². The van der Waals surface area contributed by atoms with Gasteiger partial charge in [0.05, 0.1) is 13.1 Å². The number of carbonyl (C=O) groups excluding carboxylic acids is 1. The summed E-state index contributed by atoms with van der Waals surface area (Å²) in [6.45, 7) is 2.95. The lowest BCUT2D eigenvalue weighted by Crippen LogP contribution is -2.46. The number of hydrogen-bond acceptors (Lipinski definition) is 2. The minimum Gasteiger partial charge on any atom is -0.354 e. The Bertz CT molecular complexity index is 536. The van der Waals surface area contributed by atoms with Gasteiger partial charge in [0.15, 0.2) is 5.96 Å². The Morgan fingerprint density at radius 3 is 2.42 bits per heavy atom. The fourth-order valence-corrected chi connectivity index (χ4v) is 2.60. The molecule has 24 heavy (non-hydrogen) atoms. The Balaban J connectivity index is 0.00000288. The molecule has 1 aromatic carbocycles. The van der Waals surface area contributed by atoms with Crippen molar-refractivity contribution in [3.63, 3.8) is 0 Å². The third kappa shape index (κ3) is 7.07. The normalized spacial score (nSPS) is 14.9. The van der Waals surface area contributed by atoms with Crippen molar-refractivity contribution < 1.29 is 4.79 Å². The molecular weight excluding hydrogens is 415 g/mol. The number of carbonyl (C=O) groups is 1. The molecule has 2 rings (SSSR count). The van der Waals surface area contributed by atoms with Crippen molar-refractivity contribution in [3.8, 4) is 0 Å².